The van der Waals surface area contributed by atoms with Gasteiger partial charge in [0.25, 0.3) is 0 Å². The fraction of sp³-hybridized carbons (Fsp3) is 0.500. The van der Waals surface area contributed by atoms with Gasteiger partial charge >= 0.3 is 0 Å². The van der Waals surface area contributed by atoms with Crippen molar-refractivity contribution in [3.63, 3.8) is 0 Å². The zero-order chi connectivity index (χ0) is 16.0. The first-order valence-corrected chi connectivity index (χ1v) is 8.29. The third kappa shape index (κ3) is 2.64. The Kier molecular flexibility index (Phi) is 3.43. The Labute approximate surface area is 136 Å². The largest absolute Gasteiger partial charge is 0.391 e. The third-order valence-electron chi connectivity index (χ3n) is 5.34. The number of H-pyrrole nitrogens is 1. The Morgan fingerprint density at radius 3 is 2.91 bits per heavy atom. The number of benzene rings is 1. The van der Waals surface area contributed by atoms with Gasteiger partial charge in [-0.2, -0.15) is 0 Å². The van der Waals surface area contributed by atoms with Gasteiger partial charge in [0.1, 0.15) is 5.66 Å². The van der Waals surface area contributed by atoms with Crippen LogP contribution in [0.4, 0.5) is 0 Å². The minimum absolute atomic E-state index is 0.278. The van der Waals surface area contributed by atoms with E-state index >= 15 is 0 Å². The molecule has 1 unspecified atom stereocenters. The van der Waals surface area contributed by atoms with Crippen molar-refractivity contribution in [3.05, 3.63) is 36.0 Å². The highest BCUT2D eigenvalue weighted by atomic mass is 16.7. The van der Waals surface area contributed by atoms with E-state index in [0.717, 1.165) is 17.8 Å². The Balaban J connectivity index is 1.45. The zero-order valence-corrected chi connectivity index (χ0v) is 14.0. The highest BCUT2D eigenvalue weighted by molar-refractivity contribution is 5.84. The van der Waals surface area contributed by atoms with Crippen molar-refractivity contribution in [2.45, 2.75) is 37.9 Å². The molecule has 1 aromatic carbocycles. The van der Waals surface area contributed by atoms with E-state index < -0.39 is 0 Å². The molecule has 1 saturated carbocycles. The summed E-state index contributed by atoms with van der Waals surface area (Å²) >= 11 is 0. The molecule has 0 saturated heterocycles. The summed E-state index contributed by atoms with van der Waals surface area (Å²) in [6, 6.07) is 9.20. The lowest BCUT2D eigenvalue weighted by Gasteiger charge is -2.45. The second-order valence-corrected chi connectivity index (χ2v) is 7.22. The predicted molar refractivity (Wildman–Crippen MR) is 92.3 cm³/mol. The number of aromatic nitrogens is 1. The molecule has 1 aromatic heterocycles. The second kappa shape index (κ2) is 5.35. The molecule has 4 rings (SSSR count). The lowest BCUT2D eigenvalue weighted by Crippen LogP contribution is -2.53. The van der Waals surface area contributed by atoms with Crippen LogP contribution < -0.4 is 5.48 Å². The maximum atomic E-state index is 5.70. The van der Waals surface area contributed by atoms with E-state index in [1.165, 1.54) is 23.8 Å². The molecule has 1 aliphatic carbocycles. The molecule has 23 heavy (non-hydrogen) atoms. The van der Waals surface area contributed by atoms with Crippen LogP contribution in [0.5, 0.6) is 0 Å². The molecular weight excluding hydrogens is 288 g/mol. The smallest absolute Gasteiger partial charge is 0.215 e. The summed E-state index contributed by atoms with van der Waals surface area (Å²) in [6.45, 7) is 2.14. The van der Waals surface area contributed by atoms with Crippen molar-refractivity contribution in [2.24, 2.45) is 10.9 Å². The molecule has 1 aliphatic heterocycles. The molecule has 0 spiro atoms. The van der Waals surface area contributed by atoms with E-state index in [0.29, 0.717) is 12.0 Å². The van der Waals surface area contributed by atoms with Crippen LogP contribution in [0.25, 0.3) is 10.9 Å². The average molecular weight is 312 g/mol. The van der Waals surface area contributed by atoms with Crippen molar-refractivity contribution < 1.29 is 4.84 Å². The number of nitrogens with one attached hydrogen (secondary N) is 2. The summed E-state index contributed by atoms with van der Waals surface area (Å²) < 4.78 is 0. The van der Waals surface area contributed by atoms with E-state index in [1.807, 2.05) is 6.20 Å². The van der Waals surface area contributed by atoms with Crippen molar-refractivity contribution in [1.82, 2.24) is 15.4 Å². The van der Waals surface area contributed by atoms with Gasteiger partial charge in [0.05, 0.1) is 6.42 Å². The summed E-state index contributed by atoms with van der Waals surface area (Å²) in [5, 5.41) is 1.23. The molecule has 5 nitrogen and oxygen atoms in total. The number of aromatic amines is 1. The third-order valence-corrected chi connectivity index (χ3v) is 5.34. The summed E-state index contributed by atoms with van der Waals surface area (Å²) in [7, 11) is 4.29. The first kappa shape index (κ1) is 14.7. The van der Waals surface area contributed by atoms with Gasteiger partial charge in [0.2, 0.25) is 5.90 Å². The lowest BCUT2D eigenvalue weighted by atomic mass is 9.72. The van der Waals surface area contributed by atoms with E-state index in [-0.39, 0.29) is 5.66 Å². The molecule has 1 atom stereocenters. The van der Waals surface area contributed by atoms with Crippen LogP contribution in [0.15, 0.2) is 35.5 Å². The van der Waals surface area contributed by atoms with Gasteiger partial charge in [0.15, 0.2) is 0 Å². The van der Waals surface area contributed by atoms with Crippen molar-refractivity contribution in [2.75, 3.05) is 14.1 Å². The molecule has 2 aliphatic rings. The average Bonchev–Trinajstić information content (AvgIpc) is 3.03. The Bertz CT molecular complexity index is 744. The normalized spacial score (nSPS) is 30.3. The van der Waals surface area contributed by atoms with Gasteiger partial charge < -0.3 is 14.7 Å². The van der Waals surface area contributed by atoms with Crippen LogP contribution in [-0.4, -0.2) is 41.6 Å². The van der Waals surface area contributed by atoms with Crippen LogP contribution in [-0.2, 0) is 11.3 Å². The minimum atomic E-state index is -0.278. The zero-order valence-electron chi connectivity index (χ0n) is 14.0. The van der Waals surface area contributed by atoms with Crippen LogP contribution in [0.3, 0.4) is 0 Å². The van der Waals surface area contributed by atoms with Gasteiger partial charge in [-0.25, -0.2) is 4.99 Å². The predicted octanol–water partition coefficient (Wildman–Crippen LogP) is 2.70. The number of hydroxylamine groups is 1. The maximum absolute atomic E-state index is 5.70. The van der Waals surface area contributed by atoms with Crippen molar-refractivity contribution in [3.8, 4) is 0 Å². The molecule has 1 fully saturated rings. The van der Waals surface area contributed by atoms with Crippen molar-refractivity contribution >= 4 is 16.8 Å². The SMILES string of the molecule is CN(C)C1CC(C2(C)N=C(Cc3ccc4[nH]ccc4c3)ON2)C1. The summed E-state index contributed by atoms with van der Waals surface area (Å²) in [5.41, 5.74) is 5.28. The minimum Gasteiger partial charge on any atom is -0.391 e. The maximum Gasteiger partial charge on any atom is 0.215 e. The van der Waals surface area contributed by atoms with E-state index in [2.05, 4.69) is 60.6 Å². The molecule has 0 radical (unpaired) electrons. The highest BCUT2D eigenvalue weighted by Gasteiger charge is 2.47. The molecule has 2 heterocycles. The van der Waals surface area contributed by atoms with Crippen LogP contribution >= 0.6 is 0 Å². The van der Waals surface area contributed by atoms with Crippen LogP contribution in [0, 0.1) is 5.92 Å². The van der Waals surface area contributed by atoms with Gasteiger partial charge in [-0.1, -0.05) is 6.07 Å². The molecule has 5 heteroatoms. The molecule has 2 N–H and O–H groups in total. The van der Waals surface area contributed by atoms with Gasteiger partial charge in [0, 0.05) is 23.7 Å². The number of nitrogens with zero attached hydrogens (tertiary/aromatic N) is 2. The van der Waals surface area contributed by atoms with E-state index in [9.17, 15) is 0 Å². The molecular formula is C18H24N4O. The molecule has 2 aromatic rings. The van der Waals surface area contributed by atoms with Gasteiger partial charge in [-0.05, 0) is 63.0 Å². The van der Waals surface area contributed by atoms with Gasteiger partial charge in [-0.15, -0.1) is 5.48 Å². The van der Waals surface area contributed by atoms with Crippen LogP contribution in [0.1, 0.15) is 25.3 Å². The Morgan fingerprint density at radius 1 is 1.30 bits per heavy atom. The van der Waals surface area contributed by atoms with E-state index in [4.69, 9.17) is 9.83 Å². The number of rotatable bonds is 4. The molecule has 122 valence electrons. The fourth-order valence-electron chi connectivity index (χ4n) is 3.57. The van der Waals surface area contributed by atoms with E-state index in [1.54, 1.807) is 0 Å². The lowest BCUT2D eigenvalue weighted by molar-refractivity contribution is 0.0110. The highest BCUT2D eigenvalue weighted by Crippen LogP contribution is 2.40. The molecule has 0 bridgehead atoms. The number of hydrogen-bond acceptors (Lipinski definition) is 4. The summed E-state index contributed by atoms with van der Waals surface area (Å²) in [6.07, 6.45) is 5.04. The number of aliphatic imine (C=N–C) groups is 1. The number of hydrogen-bond donors (Lipinski definition) is 2. The second-order valence-electron chi connectivity index (χ2n) is 7.22. The van der Waals surface area contributed by atoms with Crippen LogP contribution in [0.2, 0.25) is 0 Å². The summed E-state index contributed by atoms with van der Waals surface area (Å²) in [5.74, 6) is 1.33. The monoisotopic (exact) mass is 312 g/mol. The molecule has 0 amide bonds. The fourth-order valence-corrected chi connectivity index (χ4v) is 3.57. The first-order valence-electron chi connectivity index (χ1n) is 8.29. The summed E-state index contributed by atoms with van der Waals surface area (Å²) in [4.78, 5) is 16.1. The Hall–Kier alpha value is -1.85. The number of fused-ring (bicyclic) bond motifs is 1. The first-order chi connectivity index (χ1) is 11.0. The Morgan fingerprint density at radius 2 is 2.13 bits per heavy atom. The quantitative estimate of drug-likeness (QED) is 0.912. The standard InChI is InChI=1S/C18H24N4O/c1-18(14-10-15(11-14)22(2)3)20-17(23-21-18)9-12-4-5-16-13(8-12)6-7-19-16/h4-8,14-15,19,21H,9-11H2,1-3H3. The van der Waals surface area contributed by atoms with Gasteiger partial charge in [-0.3, -0.25) is 0 Å². The van der Waals surface area contributed by atoms with Crippen molar-refractivity contribution in [1.29, 1.82) is 0 Å². The topological polar surface area (TPSA) is 52.7 Å².